The number of nitrogens with zero attached hydrogens (tertiary/aromatic N) is 3. The Morgan fingerprint density at radius 3 is 2.54 bits per heavy atom. The highest BCUT2D eigenvalue weighted by atomic mass is 35.5. The number of hydrogen-bond acceptors (Lipinski definition) is 3. The van der Waals surface area contributed by atoms with Crippen LogP contribution in [0.15, 0.2) is 54.7 Å². The molecule has 0 radical (unpaired) electrons. The fraction of sp³-hybridized carbons (Fsp3) is 0.211. The normalized spacial score (nSPS) is 11.4. The molecule has 0 aliphatic carbocycles. The fourth-order valence-electron chi connectivity index (χ4n) is 2.55. The first-order valence-electron chi connectivity index (χ1n) is 8.07. The molecule has 26 heavy (non-hydrogen) atoms. The number of rotatable bonds is 5. The summed E-state index contributed by atoms with van der Waals surface area (Å²) < 4.78 is 1.62. The SMILES string of the molecule is CC(C)(NC(=O)c1cn(Cc2ccc(Cl)cc2)nn1)c1cccc(Cl)c1. The highest BCUT2D eigenvalue weighted by Crippen LogP contribution is 2.23. The number of amides is 1. The Morgan fingerprint density at radius 2 is 1.85 bits per heavy atom. The standard InChI is InChI=1S/C19H18Cl2N4O/c1-19(2,14-4-3-5-16(21)10-14)22-18(26)17-12-25(24-23-17)11-13-6-8-15(20)9-7-13/h3-10,12H,11H2,1-2H3,(H,22,26). The summed E-state index contributed by atoms with van der Waals surface area (Å²) in [6.45, 7) is 4.33. The number of aromatic nitrogens is 3. The van der Waals surface area contributed by atoms with Crippen molar-refractivity contribution in [1.29, 1.82) is 0 Å². The third-order valence-corrected chi connectivity index (χ3v) is 4.49. The van der Waals surface area contributed by atoms with Crippen molar-refractivity contribution in [2.24, 2.45) is 0 Å². The summed E-state index contributed by atoms with van der Waals surface area (Å²) in [6.07, 6.45) is 1.62. The van der Waals surface area contributed by atoms with Gasteiger partial charge in [0, 0.05) is 10.0 Å². The first kappa shape index (κ1) is 18.4. The minimum atomic E-state index is -0.595. The van der Waals surface area contributed by atoms with E-state index in [0.717, 1.165) is 11.1 Å². The van der Waals surface area contributed by atoms with Crippen molar-refractivity contribution in [3.63, 3.8) is 0 Å². The summed E-state index contributed by atoms with van der Waals surface area (Å²) in [5.74, 6) is -0.294. The van der Waals surface area contributed by atoms with Crippen LogP contribution in [-0.4, -0.2) is 20.9 Å². The summed E-state index contributed by atoms with van der Waals surface area (Å²) in [5.41, 5.74) is 1.59. The van der Waals surface area contributed by atoms with E-state index in [-0.39, 0.29) is 11.6 Å². The van der Waals surface area contributed by atoms with Crippen LogP contribution in [0.2, 0.25) is 10.0 Å². The number of carbonyl (C=O) groups is 1. The van der Waals surface area contributed by atoms with Crippen molar-refractivity contribution < 1.29 is 4.79 Å². The molecule has 0 saturated heterocycles. The molecule has 0 aliphatic heterocycles. The molecule has 5 nitrogen and oxygen atoms in total. The molecule has 0 aliphatic rings. The van der Waals surface area contributed by atoms with E-state index in [0.29, 0.717) is 16.6 Å². The first-order chi connectivity index (χ1) is 12.3. The summed E-state index contributed by atoms with van der Waals surface area (Å²) >= 11 is 11.9. The van der Waals surface area contributed by atoms with E-state index >= 15 is 0 Å². The van der Waals surface area contributed by atoms with Gasteiger partial charge < -0.3 is 5.32 Å². The Hall–Kier alpha value is -2.37. The van der Waals surface area contributed by atoms with Crippen molar-refractivity contribution in [2.75, 3.05) is 0 Å². The van der Waals surface area contributed by atoms with Gasteiger partial charge in [0.15, 0.2) is 5.69 Å². The molecular formula is C19H18Cl2N4O. The average molecular weight is 389 g/mol. The van der Waals surface area contributed by atoms with Crippen LogP contribution in [0.3, 0.4) is 0 Å². The largest absolute Gasteiger partial charge is 0.342 e. The van der Waals surface area contributed by atoms with Gasteiger partial charge in [0.25, 0.3) is 5.91 Å². The molecule has 1 aromatic heterocycles. The van der Waals surface area contributed by atoms with Gasteiger partial charge in [0.1, 0.15) is 0 Å². The van der Waals surface area contributed by atoms with Crippen LogP contribution in [0.5, 0.6) is 0 Å². The molecule has 0 bridgehead atoms. The van der Waals surface area contributed by atoms with Gasteiger partial charge in [-0.3, -0.25) is 4.79 Å². The number of benzene rings is 2. The van der Waals surface area contributed by atoms with Crippen LogP contribution >= 0.6 is 23.2 Å². The van der Waals surface area contributed by atoms with Gasteiger partial charge in [0.2, 0.25) is 0 Å². The van der Waals surface area contributed by atoms with Crippen molar-refractivity contribution in [3.05, 3.63) is 81.6 Å². The molecule has 0 spiro atoms. The number of carbonyl (C=O) groups excluding carboxylic acids is 1. The maximum Gasteiger partial charge on any atom is 0.274 e. The molecular weight excluding hydrogens is 371 g/mol. The highest BCUT2D eigenvalue weighted by Gasteiger charge is 2.25. The molecule has 0 fully saturated rings. The average Bonchev–Trinajstić information content (AvgIpc) is 3.05. The second-order valence-electron chi connectivity index (χ2n) is 6.52. The van der Waals surface area contributed by atoms with Crippen molar-refractivity contribution in [3.8, 4) is 0 Å². The van der Waals surface area contributed by atoms with Crippen LogP contribution < -0.4 is 5.32 Å². The predicted molar refractivity (Wildman–Crippen MR) is 103 cm³/mol. The number of nitrogens with one attached hydrogen (secondary N) is 1. The molecule has 0 unspecified atom stereocenters. The Balaban J connectivity index is 1.70. The molecule has 3 aromatic rings. The van der Waals surface area contributed by atoms with Crippen LogP contribution in [0, 0.1) is 0 Å². The van der Waals surface area contributed by atoms with E-state index in [2.05, 4.69) is 15.6 Å². The van der Waals surface area contributed by atoms with Crippen LogP contribution in [-0.2, 0) is 12.1 Å². The molecule has 2 aromatic carbocycles. The van der Waals surface area contributed by atoms with E-state index in [1.165, 1.54) is 0 Å². The third kappa shape index (κ3) is 4.42. The third-order valence-electron chi connectivity index (χ3n) is 4.00. The van der Waals surface area contributed by atoms with Gasteiger partial charge in [-0.1, -0.05) is 52.7 Å². The monoisotopic (exact) mass is 388 g/mol. The van der Waals surface area contributed by atoms with Crippen LogP contribution in [0.25, 0.3) is 0 Å². The highest BCUT2D eigenvalue weighted by molar-refractivity contribution is 6.30. The van der Waals surface area contributed by atoms with Crippen molar-refractivity contribution in [2.45, 2.75) is 25.9 Å². The molecule has 1 heterocycles. The quantitative estimate of drug-likeness (QED) is 0.708. The minimum absolute atomic E-state index is 0.258. The topological polar surface area (TPSA) is 59.8 Å². The Bertz CT molecular complexity index is 919. The Kier molecular flexibility index (Phi) is 5.30. The molecule has 134 valence electrons. The molecule has 0 saturated carbocycles. The zero-order valence-electron chi connectivity index (χ0n) is 14.4. The number of hydrogen-bond donors (Lipinski definition) is 1. The molecule has 1 amide bonds. The van der Waals surface area contributed by atoms with Crippen molar-refractivity contribution in [1.82, 2.24) is 20.3 Å². The van der Waals surface area contributed by atoms with Gasteiger partial charge in [-0.05, 0) is 49.2 Å². The molecule has 7 heteroatoms. The minimum Gasteiger partial charge on any atom is -0.342 e. The smallest absolute Gasteiger partial charge is 0.274 e. The maximum atomic E-state index is 12.6. The van der Waals surface area contributed by atoms with Crippen LogP contribution in [0.4, 0.5) is 0 Å². The summed E-state index contributed by atoms with van der Waals surface area (Å²) in [5, 5.41) is 12.3. The van der Waals surface area contributed by atoms with Crippen LogP contribution in [0.1, 0.15) is 35.5 Å². The summed E-state index contributed by atoms with van der Waals surface area (Å²) in [6, 6.07) is 14.9. The predicted octanol–water partition coefficient (Wildman–Crippen LogP) is 4.30. The number of halogens is 2. The van der Waals surface area contributed by atoms with Gasteiger partial charge in [-0.15, -0.1) is 5.10 Å². The zero-order chi connectivity index (χ0) is 18.7. The van der Waals surface area contributed by atoms with E-state index in [9.17, 15) is 4.79 Å². The van der Waals surface area contributed by atoms with E-state index < -0.39 is 5.54 Å². The second kappa shape index (κ2) is 7.48. The zero-order valence-corrected chi connectivity index (χ0v) is 15.9. The molecule has 0 atom stereocenters. The Labute approximate surface area is 161 Å². The van der Waals surface area contributed by atoms with Gasteiger partial charge in [0.05, 0.1) is 18.3 Å². The summed E-state index contributed by atoms with van der Waals surface area (Å²) in [7, 11) is 0. The summed E-state index contributed by atoms with van der Waals surface area (Å²) in [4.78, 5) is 12.6. The van der Waals surface area contributed by atoms with Gasteiger partial charge >= 0.3 is 0 Å². The lowest BCUT2D eigenvalue weighted by molar-refractivity contribution is 0.0907. The molecule has 3 rings (SSSR count). The maximum absolute atomic E-state index is 12.6. The fourth-order valence-corrected chi connectivity index (χ4v) is 2.87. The van der Waals surface area contributed by atoms with E-state index in [1.807, 2.05) is 56.3 Å². The second-order valence-corrected chi connectivity index (χ2v) is 7.39. The first-order valence-corrected chi connectivity index (χ1v) is 8.82. The van der Waals surface area contributed by atoms with E-state index in [4.69, 9.17) is 23.2 Å². The lowest BCUT2D eigenvalue weighted by atomic mass is 9.94. The van der Waals surface area contributed by atoms with Crippen molar-refractivity contribution >= 4 is 29.1 Å². The molecule has 1 N–H and O–H groups in total. The van der Waals surface area contributed by atoms with E-state index in [1.54, 1.807) is 16.9 Å². The van der Waals surface area contributed by atoms with Gasteiger partial charge in [-0.2, -0.15) is 0 Å². The lowest BCUT2D eigenvalue weighted by Gasteiger charge is -2.26. The Morgan fingerprint density at radius 1 is 1.12 bits per heavy atom. The van der Waals surface area contributed by atoms with Gasteiger partial charge in [-0.25, -0.2) is 4.68 Å². The lowest BCUT2D eigenvalue weighted by Crippen LogP contribution is -2.41.